The molecule has 3 rings (SSSR count). The molecular weight excluding hydrogens is 337 g/mol. The first kappa shape index (κ1) is 17.2. The fraction of sp³-hybridized carbons (Fsp3) is 0.438. The predicted octanol–water partition coefficient (Wildman–Crippen LogP) is 1.89. The Labute approximate surface area is 141 Å². The largest absolute Gasteiger partial charge is 0.434 e. The molecule has 1 amide bonds. The van der Waals surface area contributed by atoms with Gasteiger partial charge in [0.25, 0.3) is 5.91 Å². The van der Waals surface area contributed by atoms with E-state index in [-0.39, 0.29) is 17.4 Å². The Morgan fingerprint density at radius 2 is 2.20 bits per heavy atom. The summed E-state index contributed by atoms with van der Waals surface area (Å²) in [4.78, 5) is 29.6. The number of rotatable bonds is 3. The van der Waals surface area contributed by atoms with Crippen molar-refractivity contribution >= 4 is 5.91 Å². The quantitative estimate of drug-likeness (QED) is 0.883. The minimum Gasteiger partial charge on any atom is -0.352 e. The summed E-state index contributed by atoms with van der Waals surface area (Å²) in [6.45, 7) is 2.35. The van der Waals surface area contributed by atoms with E-state index in [0.717, 1.165) is 6.20 Å². The number of hydrogen-bond acceptors (Lipinski definition) is 3. The Kier molecular flexibility index (Phi) is 4.40. The molecule has 1 atom stereocenters. The smallest absolute Gasteiger partial charge is 0.352 e. The number of imidazole rings is 1. The highest BCUT2D eigenvalue weighted by molar-refractivity contribution is 5.95. The topological polar surface area (TPSA) is 79.8 Å². The number of H-pyrrole nitrogens is 1. The van der Waals surface area contributed by atoms with E-state index in [1.165, 1.54) is 16.7 Å². The Morgan fingerprint density at radius 1 is 1.44 bits per heavy atom. The normalized spacial score (nSPS) is 17.2. The van der Waals surface area contributed by atoms with E-state index < -0.39 is 11.9 Å². The van der Waals surface area contributed by atoms with Gasteiger partial charge in [-0.05, 0) is 25.3 Å². The standard InChI is InChI=1S/C16H17F3N4O2/c1-9-11(3-5-14(24)21-9)15(25)20-6-10-2-4-13-22-12(16(17,18)19)8-23(13)7-10/h3,5,8,10H,2,4,6-7H2,1H3,(H,20,25)(H,21,24)/t10-/m0/s1. The maximum Gasteiger partial charge on any atom is 0.434 e. The SMILES string of the molecule is Cc1[nH]c(=O)ccc1C(=O)NC[C@@H]1CCc2nc(C(F)(F)F)cn2C1. The van der Waals surface area contributed by atoms with Crippen LogP contribution in [-0.2, 0) is 19.1 Å². The Balaban J connectivity index is 1.62. The van der Waals surface area contributed by atoms with Crippen molar-refractivity contribution in [1.29, 1.82) is 0 Å². The van der Waals surface area contributed by atoms with Gasteiger partial charge in [0.2, 0.25) is 5.56 Å². The third-order valence-electron chi connectivity index (χ3n) is 4.29. The van der Waals surface area contributed by atoms with Crippen LogP contribution in [-0.4, -0.2) is 27.0 Å². The van der Waals surface area contributed by atoms with Crippen molar-refractivity contribution in [2.75, 3.05) is 6.54 Å². The first-order valence-corrected chi connectivity index (χ1v) is 7.85. The zero-order chi connectivity index (χ0) is 18.2. The molecule has 9 heteroatoms. The zero-order valence-corrected chi connectivity index (χ0v) is 13.5. The number of carbonyl (C=O) groups is 1. The van der Waals surface area contributed by atoms with Crippen molar-refractivity contribution in [3.63, 3.8) is 0 Å². The molecule has 0 unspecified atom stereocenters. The fourth-order valence-electron chi connectivity index (χ4n) is 2.97. The number of pyridine rings is 1. The minimum absolute atomic E-state index is 0.0230. The van der Waals surface area contributed by atoms with Gasteiger partial charge in [0, 0.05) is 37.5 Å². The molecule has 0 aliphatic carbocycles. The molecule has 1 aliphatic heterocycles. The summed E-state index contributed by atoms with van der Waals surface area (Å²) in [6.07, 6.45) is -2.33. The molecule has 2 aromatic rings. The summed E-state index contributed by atoms with van der Waals surface area (Å²) in [6, 6.07) is 2.73. The number of aromatic amines is 1. The van der Waals surface area contributed by atoms with Gasteiger partial charge in [-0.2, -0.15) is 13.2 Å². The number of aryl methyl sites for hydroxylation is 2. The minimum atomic E-state index is -4.45. The van der Waals surface area contributed by atoms with Crippen LogP contribution in [0.25, 0.3) is 0 Å². The van der Waals surface area contributed by atoms with Crippen molar-refractivity contribution in [3.8, 4) is 0 Å². The van der Waals surface area contributed by atoms with Crippen LogP contribution in [0.15, 0.2) is 23.1 Å². The number of nitrogens with one attached hydrogen (secondary N) is 2. The van der Waals surface area contributed by atoms with E-state index in [0.29, 0.717) is 43.0 Å². The molecule has 0 fully saturated rings. The predicted molar refractivity (Wildman–Crippen MR) is 83.2 cm³/mol. The van der Waals surface area contributed by atoms with E-state index in [1.54, 1.807) is 6.92 Å². The number of hydrogen-bond donors (Lipinski definition) is 2. The second-order valence-electron chi connectivity index (χ2n) is 6.17. The van der Waals surface area contributed by atoms with Crippen molar-refractivity contribution in [2.24, 2.45) is 5.92 Å². The van der Waals surface area contributed by atoms with Gasteiger partial charge in [-0.1, -0.05) is 0 Å². The second-order valence-corrected chi connectivity index (χ2v) is 6.17. The highest BCUT2D eigenvalue weighted by atomic mass is 19.4. The number of fused-ring (bicyclic) bond motifs is 1. The second kappa shape index (κ2) is 6.38. The van der Waals surface area contributed by atoms with Gasteiger partial charge in [0.15, 0.2) is 5.69 Å². The molecule has 0 aromatic carbocycles. The van der Waals surface area contributed by atoms with Gasteiger partial charge in [0.05, 0.1) is 5.56 Å². The van der Waals surface area contributed by atoms with Gasteiger partial charge >= 0.3 is 6.18 Å². The number of alkyl halides is 3. The van der Waals surface area contributed by atoms with Crippen LogP contribution in [0.3, 0.4) is 0 Å². The van der Waals surface area contributed by atoms with Crippen LogP contribution in [0.4, 0.5) is 13.2 Å². The summed E-state index contributed by atoms with van der Waals surface area (Å²) >= 11 is 0. The lowest BCUT2D eigenvalue weighted by molar-refractivity contribution is -0.141. The third-order valence-corrected chi connectivity index (χ3v) is 4.29. The average molecular weight is 354 g/mol. The average Bonchev–Trinajstić information content (AvgIpc) is 2.96. The summed E-state index contributed by atoms with van der Waals surface area (Å²) < 4.78 is 39.7. The van der Waals surface area contributed by atoms with Gasteiger partial charge in [0.1, 0.15) is 5.82 Å². The third kappa shape index (κ3) is 3.75. The summed E-state index contributed by atoms with van der Waals surface area (Å²) in [7, 11) is 0. The fourth-order valence-corrected chi connectivity index (χ4v) is 2.97. The molecule has 6 nitrogen and oxygen atoms in total. The van der Waals surface area contributed by atoms with Crippen LogP contribution >= 0.6 is 0 Å². The maximum absolute atomic E-state index is 12.7. The van der Waals surface area contributed by atoms with Crippen molar-refractivity contribution < 1.29 is 18.0 Å². The Hall–Kier alpha value is -2.58. The number of halogens is 3. The van der Waals surface area contributed by atoms with E-state index in [1.807, 2.05) is 0 Å². The molecule has 0 spiro atoms. The number of carbonyl (C=O) groups excluding carboxylic acids is 1. The number of nitrogens with zero attached hydrogens (tertiary/aromatic N) is 2. The maximum atomic E-state index is 12.7. The lowest BCUT2D eigenvalue weighted by atomic mass is 9.99. The van der Waals surface area contributed by atoms with Crippen LogP contribution < -0.4 is 10.9 Å². The van der Waals surface area contributed by atoms with Crippen LogP contribution in [0.5, 0.6) is 0 Å². The van der Waals surface area contributed by atoms with Gasteiger partial charge < -0.3 is 14.9 Å². The molecule has 2 aromatic heterocycles. The Bertz CT molecular complexity index is 854. The first-order valence-electron chi connectivity index (χ1n) is 7.85. The van der Waals surface area contributed by atoms with E-state index in [9.17, 15) is 22.8 Å². The first-order chi connectivity index (χ1) is 11.7. The highest BCUT2D eigenvalue weighted by Gasteiger charge is 2.35. The summed E-state index contributed by atoms with van der Waals surface area (Å²) in [5.41, 5.74) is -0.316. The molecule has 3 heterocycles. The number of aromatic nitrogens is 3. The molecular formula is C16H17F3N4O2. The summed E-state index contributed by atoms with van der Waals surface area (Å²) in [5.74, 6) is 0.127. The van der Waals surface area contributed by atoms with Crippen molar-refractivity contribution in [3.05, 3.63) is 51.5 Å². The number of amides is 1. The van der Waals surface area contributed by atoms with Gasteiger partial charge in [-0.15, -0.1) is 0 Å². The Morgan fingerprint density at radius 3 is 2.88 bits per heavy atom. The molecule has 0 radical (unpaired) electrons. The summed E-state index contributed by atoms with van der Waals surface area (Å²) in [5, 5.41) is 2.78. The lowest BCUT2D eigenvalue weighted by Crippen LogP contribution is -2.34. The monoisotopic (exact) mass is 354 g/mol. The molecule has 0 saturated carbocycles. The molecule has 134 valence electrons. The molecule has 1 aliphatic rings. The van der Waals surface area contributed by atoms with E-state index in [4.69, 9.17) is 0 Å². The molecule has 0 saturated heterocycles. The molecule has 2 N–H and O–H groups in total. The van der Waals surface area contributed by atoms with Crippen LogP contribution in [0.2, 0.25) is 0 Å². The van der Waals surface area contributed by atoms with Crippen LogP contribution in [0, 0.1) is 12.8 Å². The highest BCUT2D eigenvalue weighted by Crippen LogP contribution is 2.30. The van der Waals surface area contributed by atoms with Crippen molar-refractivity contribution in [2.45, 2.75) is 32.5 Å². The van der Waals surface area contributed by atoms with E-state index in [2.05, 4.69) is 15.3 Å². The van der Waals surface area contributed by atoms with E-state index >= 15 is 0 Å². The molecule has 25 heavy (non-hydrogen) atoms. The molecule has 0 bridgehead atoms. The zero-order valence-electron chi connectivity index (χ0n) is 13.5. The lowest BCUT2D eigenvalue weighted by Gasteiger charge is -2.24. The van der Waals surface area contributed by atoms with Crippen molar-refractivity contribution in [1.82, 2.24) is 19.9 Å². The van der Waals surface area contributed by atoms with Crippen LogP contribution in [0.1, 0.15) is 34.0 Å². The van der Waals surface area contributed by atoms with Gasteiger partial charge in [-0.25, -0.2) is 4.98 Å². The van der Waals surface area contributed by atoms with Gasteiger partial charge in [-0.3, -0.25) is 9.59 Å².